The van der Waals surface area contributed by atoms with E-state index in [9.17, 15) is 4.79 Å². The Morgan fingerprint density at radius 1 is 1.25 bits per heavy atom. The normalized spacial score (nSPS) is 11.2. The van der Waals surface area contributed by atoms with Gasteiger partial charge in [-0.05, 0) is 38.1 Å². The number of hydrogen-bond acceptors (Lipinski definition) is 7. The molecule has 0 fully saturated rings. The summed E-state index contributed by atoms with van der Waals surface area (Å²) in [5.41, 5.74) is 13.0. The van der Waals surface area contributed by atoms with Gasteiger partial charge in [-0.15, -0.1) is 0 Å². The molecule has 2 aromatic heterocycles. The van der Waals surface area contributed by atoms with Gasteiger partial charge < -0.3 is 26.3 Å². The second-order valence-corrected chi connectivity index (χ2v) is 7.92. The van der Waals surface area contributed by atoms with Gasteiger partial charge in [0, 0.05) is 42.6 Å². The monoisotopic (exact) mass is 436 g/mol. The summed E-state index contributed by atoms with van der Waals surface area (Å²) in [7, 11) is 1.59. The molecular weight excluding hydrogens is 408 g/mol. The Kier molecular flexibility index (Phi) is 6.79. The molecule has 5 N–H and O–H groups in total. The molecule has 0 saturated heterocycles. The van der Waals surface area contributed by atoms with Crippen molar-refractivity contribution in [2.45, 2.75) is 26.0 Å². The summed E-state index contributed by atoms with van der Waals surface area (Å²) < 4.78 is 12.9. The molecule has 1 amide bonds. The SMILES string of the molecule is C=C(N)c1c(N)cccc1OCC(C)(C)NC(=O)c1ccnc(-n2ccnc2COC)c1. The fraction of sp³-hybridized carbons (Fsp3) is 0.261. The zero-order valence-electron chi connectivity index (χ0n) is 18.5. The number of nitrogens with one attached hydrogen (secondary N) is 1. The van der Waals surface area contributed by atoms with Crippen LogP contribution in [0.4, 0.5) is 5.69 Å². The first-order chi connectivity index (χ1) is 15.2. The standard InChI is InChI=1S/C23H28N6O3/c1-15(24)21-17(25)6-5-7-18(21)32-14-23(2,3)28-22(30)16-8-9-26-19(12-16)29-11-10-27-20(29)13-31-4/h5-12H,1,13-14,24-25H2,2-4H3,(H,28,30). The Bertz CT molecular complexity index is 1120. The molecule has 0 atom stereocenters. The van der Waals surface area contributed by atoms with E-state index in [0.717, 1.165) is 0 Å². The first-order valence-electron chi connectivity index (χ1n) is 9.98. The van der Waals surface area contributed by atoms with Crippen LogP contribution in [0.15, 0.2) is 55.5 Å². The number of nitrogen functional groups attached to an aromatic ring is 1. The molecule has 168 valence electrons. The van der Waals surface area contributed by atoms with Gasteiger partial charge in [0.15, 0.2) is 0 Å². The minimum atomic E-state index is -0.686. The molecule has 9 nitrogen and oxygen atoms in total. The van der Waals surface area contributed by atoms with Gasteiger partial charge >= 0.3 is 0 Å². The number of imidazole rings is 1. The van der Waals surface area contributed by atoms with E-state index in [-0.39, 0.29) is 12.5 Å². The van der Waals surface area contributed by atoms with Gasteiger partial charge in [0.25, 0.3) is 5.91 Å². The number of aromatic nitrogens is 3. The molecule has 0 saturated carbocycles. The van der Waals surface area contributed by atoms with Gasteiger partial charge in [0.05, 0.1) is 11.1 Å². The number of pyridine rings is 1. The average molecular weight is 437 g/mol. The van der Waals surface area contributed by atoms with Crippen LogP contribution in [0.5, 0.6) is 5.75 Å². The molecule has 3 rings (SSSR count). The van der Waals surface area contributed by atoms with E-state index in [1.807, 2.05) is 13.8 Å². The second kappa shape index (κ2) is 9.52. The Labute approximate surface area is 187 Å². The molecule has 0 aliphatic heterocycles. The summed E-state index contributed by atoms with van der Waals surface area (Å²) in [4.78, 5) is 21.5. The Hall–Kier alpha value is -3.85. The molecule has 9 heteroatoms. The fourth-order valence-corrected chi connectivity index (χ4v) is 3.16. The van der Waals surface area contributed by atoms with Gasteiger partial charge in [0.1, 0.15) is 30.6 Å². The minimum absolute atomic E-state index is 0.194. The highest BCUT2D eigenvalue weighted by Gasteiger charge is 2.24. The van der Waals surface area contributed by atoms with E-state index in [0.29, 0.717) is 46.5 Å². The van der Waals surface area contributed by atoms with Gasteiger partial charge in [0.2, 0.25) is 0 Å². The third kappa shape index (κ3) is 5.25. The summed E-state index contributed by atoms with van der Waals surface area (Å²) in [6.45, 7) is 8.01. The number of nitrogens with zero attached hydrogens (tertiary/aromatic N) is 3. The van der Waals surface area contributed by atoms with E-state index in [1.165, 1.54) is 0 Å². The van der Waals surface area contributed by atoms with Crippen LogP contribution in [-0.2, 0) is 11.3 Å². The van der Waals surface area contributed by atoms with E-state index in [4.69, 9.17) is 20.9 Å². The average Bonchev–Trinajstić information content (AvgIpc) is 3.20. The number of hydrogen-bond donors (Lipinski definition) is 3. The summed E-state index contributed by atoms with van der Waals surface area (Å²) in [6.07, 6.45) is 5.00. The van der Waals surface area contributed by atoms with Crippen LogP contribution in [0.25, 0.3) is 11.5 Å². The molecular formula is C23H28N6O3. The number of benzene rings is 1. The Morgan fingerprint density at radius 2 is 2.03 bits per heavy atom. The molecule has 0 spiro atoms. The maximum Gasteiger partial charge on any atom is 0.252 e. The number of rotatable bonds is 9. The number of carbonyl (C=O) groups excluding carboxylic acids is 1. The smallest absolute Gasteiger partial charge is 0.252 e. The van der Waals surface area contributed by atoms with E-state index in [1.54, 1.807) is 60.6 Å². The van der Waals surface area contributed by atoms with Gasteiger partial charge in [-0.25, -0.2) is 9.97 Å². The minimum Gasteiger partial charge on any atom is -0.490 e. The molecule has 0 unspecified atom stereocenters. The molecule has 0 aliphatic rings. The largest absolute Gasteiger partial charge is 0.490 e. The number of amides is 1. The van der Waals surface area contributed by atoms with Crippen LogP contribution in [0.2, 0.25) is 0 Å². The van der Waals surface area contributed by atoms with Crippen LogP contribution in [-0.4, -0.2) is 39.7 Å². The second-order valence-electron chi connectivity index (χ2n) is 7.92. The third-order valence-corrected chi connectivity index (χ3v) is 4.67. The van der Waals surface area contributed by atoms with Gasteiger partial charge in [-0.2, -0.15) is 0 Å². The predicted octanol–water partition coefficient (Wildman–Crippen LogP) is 2.51. The lowest BCUT2D eigenvalue weighted by Crippen LogP contribution is -2.48. The summed E-state index contributed by atoms with van der Waals surface area (Å²) in [5, 5.41) is 2.99. The molecule has 0 bridgehead atoms. The third-order valence-electron chi connectivity index (χ3n) is 4.67. The predicted molar refractivity (Wildman–Crippen MR) is 123 cm³/mol. The number of carbonyl (C=O) groups is 1. The van der Waals surface area contributed by atoms with Crippen LogP contribution in [0.3, 0.4) is 0 Å². The first kappa shape index (κ1) is 22.8. The number of anilines is 1. The lowest BCUT2D eigenvalue weighted by atomic mass is 10.1. The van der Waals surface area contributed by atoms with Gasteiger partial charge in [-0.3, -0.25) is 9.36 Å². The number of ether oxygens (including phenoxy) is 2. The molecule has 0 aliphatic carbocycles. The highest BCUT2D eigenvalue weighted by Crippen LogP contribution is 2.29. The van der Waals surface area contributed by atoms with Crippen molar-refractivity contribution >= 4 is 17.3 Å². The highest BCUT2D eigenvalue weighted by molar-refractivity contribution is 5.95. The lowest BCUT2D eigenvalue weighted by Gasteiger charge is -2.27. The van der Waals surface area contributed by atoms with Crippen molar-refractivity contribution in [2.75, 3.05) is 19.5 Å². The van der Waals surface area contributed by atoms with E-state index < -0.39 is 5.54 Å². The zero-order chi connectivity index (χ0) is 23.3. The van der Waals surface area contributed by atoms with E-state index >= 15 is 0 Å². The van der Waals surface area contributed by atoms with Crippen LogP contribution < -0.4 is 21.5 Å². The summed E-state index contributed by atoms with van der Waals surface area (Å²) in [5.74, 6) is 1.51. The Morgan fingerprint density at radius 3 is 2.75 bits per heavy atom. The van der Waals surface area contributed by atoms with E-state index in [2.05, 4.69) is 21.9 Å². The summed E-state index contributed by atoms with van der Waals surface area (Å²) in [6, 6.07) is 8.61. The number of methoxy groups -OCH3 is 1. The first-order valence-corrected chi connectivity index (χ1v) is 9.98. The fourth-order valence-electron chi connectivity index (χ4n) is 3.16. The molecule has 0 radical (unpaired) electrons. The maximum absolute atomic E-state index is 12.9. The lowest BCUT2D eigenvalue weighted by molar-refractivity contribution is 0.0880. The van der Waals surface area contributed by atoms with Gasteiger partial charge in [-0.1, -0.05) is 12.6 Å². The van der Waals surface area contributed by atoms with Crippen molar-refractivity contribution in [3.8, 4) is 11.6 Å². The van der Waals surface area contributed by atoms with Crippen LogP contribution >= 0.6 is 0 Å². The topological polar surface area (TPSA) is 130 Å². The van der Waals surface area contributed by atoms with Crippen molar-refractivity contribution in [3.05, 3.63) is 72.5 Å². The number of nitrogens with two attached hydrogens (primary N) is 2. The molecule has 1 aromatic carbocycles. The van der Waals surface area contributed by atoms with Crippen molar-refractivity contribution in [1.29, 1.82) is 0 Å². The maximum atomic E-state index is 12.9. The Balaban J connectivity index is 1.72. The van der Waals surface area contributed by atoms with Crippen molar-refractivity contribution in [3.63, 3.8) is 0 Å². The van der Waals surface area contributed by atoms with Crippen molar-refractivity contribution < 1.29 is 14.3 Å². The molecule has 2 heterocycles. The molecule has 32 heavy (non-hydrogen) atoms. The quantitative estimate of drug-likeness (QED) is 0.439. The summed E-state index contributed by atoms with van der Waals surface area (Å²) >= 11 is 0. The van der Waals surface area contributed by atoms with Crippen LogP contribution in [0, 0.1) is 0 Å². The molecule has 3 aromatic rings. The van der Waals surface area contributed by atoms with Crippen molar-refractivity contribution in [1.82, 2.24) is 19.9 Å². The highest BCUT2D eigenvalue weighted by atomic mass is 16.5. The zero-order valence-corrected chi connectivity index (χ0v) is 18.5. The van der Waals surface area contributed by atoms with Crippen molar-refractivity contribution in [2.24, 2.45) is 5.73 Å². The van der Waals surface area contributed by atoms with Crippen LogP contribution in [0.1, 0.15) is 35.6 Å².